The molecule has 100 valence electrons. The molecule has 20 heavy (non-hydrogen) atoms. The second kappa shape index (κ2) is 5.29. The molecular weight excluding hydrogens is 250 g/mol. The number of benzene rings is 1. The highest BCUT2D eigenvalue weighted by molar-refractivity contribution is 6.13. The molecule has 3 rings (SSSR count). The summed E-state index contributed by atoms with van der Waals surface area (Å²) in [6, 6.07) is 9.54. The van der Waals surface area contributed by atoms with Crippen LogP contribution in [-0.4, -0.2) is 17.9 Å². The molecule has 0 unspecified atom stereocenters. The number of fused-ring (bicyclic) bond motifs is 1. The number of Topliss-reactive ketones (excluding diaryl/α,β-unsaturated/α-hetero) is 1. The second-order valence-electron chi connectivity index (χ2n) is 4.81. The fourth-order valence-corrected chi connectivity index (χ4v) is 2.47. The predicted octanol–water partition coefficient (Wildman–Crippen LogP) is 3.30. The molecule has 0 saturated carbocycles. The molecule has 2 aromatic rings. The predicted molar refractivity (Wildman–Crippen MR) is 77.9 cm³/mol. The van der Waals surface area contributed by atoms with Crippen LogP contribution < -0.4 is 4.74 Å². The maximum absolute atomic E-state index is 12.5. The minimum absolute atomic E-state index is 0.0917. The molecule has 1 heterocycles. The van der Waals surface area contributed by atoms with Crippen molar-refractivity contribution >= 4 is 11.9 Å². The first kappa shape index (κ1) is 12.6. The number of methoxy groups -OCH3 is 1. The van der Waals surface area contributed by atoms with Crippen molar-refractivity contribution in [2.45, 2.75) is 12.8 Å². The molecule has 1 aromatic carbocycles. The smallest absolute Gasteiger partial charge is 0.189 e. The lowest BCUT2D eigenvalue weighted by Gasteiger charge is -2.18. The average molecular weight is 265 g/mol. The molecule has 3 nitrogen and oxygen atoms in total. The zero-order chi connectivity index (χ0) is 13.9. The minimum Gasteiger partial charge on any atom is -0.497 e. The highest BCUT2D eigenvalue weighted by Gasteiger charge is 2.22. The van der Waals surface area contributed by atoms with Crippen LogP contribution in [0.25, 0.3) is 6.08 Å². The van der Waals surface area contributed by atoms with E-state index in [2.05, 4.69) is 4.98 Å². The van der Waals surface area contributed by atoms with Crippen molar-refractivity contribution < 1.29 is 9.53 Å². The maximum atomic E-state index is 12.5. The van der Waals surface area contributed by atoms with Crippen LogP contribution in [0.4, 0.5) is 0 Å². The zero-order valence-corrected chi connectivity index (χ0v) is 11.3. The first-order chi connectivity index (χ1) is 9.78. The fourth-order valence-electron chi connectivity index (χ4n) is 2.47. The molecular formula is C17H15NO2. The Morgan fingerprint density at radius 2 is 2.15 bits per heavy atom. The van der Waals surface area contributed by atoms with Gasteiger partial charge >= 0.3 is 0 Å². The molecule has 0 aliphatic heterocycles. The highest BCUT2D eigenvalue weighted by Crippen LogP contribution is 2.29. The van der Waals surface area contributed by atoms with Crippen molar-refractivity contribution in [2.75, 3.05) is 7.11 Å². The molecule has 3 heteroatoms. The number of pyridine rings is 1. The summed E-state index contributed by atoms with van der Waals surface area (Å²) < 4.78 is 5.20. The van der Waals surface area contributed by atoms with Crippen molar-refractivity contribution in [3.8, 4) is 5.75 Å². The van der Waals surface area contributed by atoms with E-state index < -0.39 is 0 Å². The van der Waals surface area contributed by atoms with E-state index >= 15 is 0 Å². The maximum Gasteiger partial charge on any atom is 0.189 e. The molecule has 1 aromatic heterocycles. The van der Waals surface area contributed by atoms with Gasteiger partial charge in [-0.05, 0) is 48.2 Å². The quantitative estimate of drug-likeness (QED) is 0.782. The third-order valence-corrected chi connectivity index (χ3v) is 3.54. The first-order valence-corrected chi connectivity index (χ1v) is 6.60. The molecule has 0 amide bonds. The van der Waals surface area contributed by atoms with Gasteiger partial charge in [-0.2, -0.15) is 0 Å². The summed E-state index contributed by atoms with van der Waals surface area (Å²) in [5.41, 5.74) is 3.64. The Hall–Kier alpha value is -2.42. The summed E-state index contributed by atoms with van der Waals surface area (Å²) in [5.74, 6) is 0.814. The molecule has 0 radical (unpaired) electrons. The van der Waals surface area contributed by atoms with Gasteiger partial charge < -0.3 is 4.74 Å². The van der Waals surface area contributed by atoms with E-state index in [1.165, 1.54) is 0 Å². The Morgan fingerprint density at radius 1 is 1.25 bits per heavy atom. The average Bonchev–Trinajstić information content (AvgIpc) is 2.51. The fraction of sp³-hybridized carbons (Fsp3) is 0.176. The van der Waals surface area contributed by atoms with Crippen molar-refractivity contribution in [2.24, 2.45) is 0 Å². The molecule has 1 aliphatic rings. The number of aromatic nitrogens is 1. The van der Waals surface area contributed by atoms with Crippen molar-refractivity contribution in [3.63, 3.8) is 0 Å². The van der Waals surface area contributed by atoms with E-state index in [4.69, 9.17) is 4.74 Å². The lowest BCUT2D eigenvalue weighted by molar-refractivity contribution is 0.102. The summed E-state index contributed by atoms with van der Waals surface area (Å²) in [5, 5.41) is 0. The summed E-state index contributed by atoms with van der Waals surface area (Å²) in [6.45, 7) is 0. The van der Waals surface area contributed by atoms with E-state index in [0.29, 0.717) is 0 Å². The number of hydrogen-bond donors (Lipinski definition) is 0. The number of carbonyl (C=O) groups is 1. The van der Waals surface area contributed by atoms with Crippen LogP contribution in [0.5, 0.6) is 5.75 Å². The number of ether oxygens (including phenoxy) is 1. The van der Waals surface area contributed by atoms with Gasteiger partial charge in [0.1, 0.15) is 5.75 Å². The van der Waals surface area contributed by atoms with Crippen LogP contribution in [0.15, 0.2) is 48.3 Å². The number of aryl methyl sites for hydroxylation is 1. The van der Waals surface area contributed by atoms with Gasteiger partial charge in [0.15, 0.2) is 5.78 Å². The Bertz CT molecular complexity index is 675. The number of allylic oxidation sites excluding steroid dienone is 1. The Balaban J connectivity index is 1.98. The zero-order valence-electron chi connectivity index (χ0n) is 11.3. The monoisotopic (exact) mass is 265 g/mol. The Labute approximate surface area is 117 Å². The highest BCUT2D eigenvalue weighted by atomic mass is 16.5. The van der Waals surface area contributed by atoms with Crippen molar-refractivity contribution in [1.82, 2.24) is 4.98 Å². The van der Waals surface area contributed by atoms with Crippen molar-refractivity contribution in [3.05, 3.63) is 65.0 Å². The van der Waals surface area contributed by atoms with Gasteiger partial charge in [-0.3, -0.25) is 9.78 Å². The molecule has 0 atom stereocenters. The number of rotatable bonds is 2. The Kier molecular flexibility index (Phi) is 3.33. The standard InChI is InChI=1S/C17H15NO2/c1-20-15-7-6-13-4-5-14(17(19)16(13)10-15)9-12-3-2-8-18-11-12/h2-3,6-11H,4-5H2,1H3. The van der Waals surface area contributed by atoms with Gasteiger partial charge in [0.2, 0.25) is 0 Å². The number of nitrogens with zero attached hydrogens (tertiary/aromatic N) is 1. The van der Waals surface area contributed by atoms with E-state index in [-0.39, 0.29) is 5.78 Å². The van der Waals surface area contributed by atoms with Gasteiger partial charge in [-0.15, -0.1) is 0 Å². The largest absolute Gasteiger partial charge is 0.497 e. The van der Waals surface area contributed by atoms with Crippen LogP contribution in [0.3, 0.4) is 0 Å². The van der Waals surface area contributed by atoms with Crippen LogP contribution in [0.2, 0.25) is 0 Å². The third kappa shape index (κ3) is 2.35. The summed E-state index contributed by atoms with van der Waals surface area (Å²) in [7, 11) is 1.61. The number of ketones is 1. The van der Waals surface area contributed by atoms with Crippen LogP contribution in [-0.2, 0) is 6.42 Å². The topological polar surface area (TPSA) is 39.2 Å². The lowest BCUT2D eigenvalue weighted by Crippen LogP contribution is -2.14. The Morgan fingerprint density at radius 3 is 2.90 bits per heavy atom. The van der Waals surface area contributed by atoms with Crippen LogP contribution >= 0.6 is 0 Å². The SMILES string of the molecule is COc1ccc2c(c1)C(=O)C(=Cc1cccnc1)CC2. The third-order valence-electron chi connectivity index (χ3n) is 3.54. The first-order valence-electron chi connectivity index (χ1n) is 6.60. The minimum atomic E-state index is 0.0917. The molecule has 0 fully saturated rings. The summed E-state index contributed by atoms with van der Waals surface area (Å²) in [4.78, 5) is 16.6. The summed E-state index contributed by atoms with van der Waals surface area (Å²) in [6.07, 6.45) is 7.08. The van der Waals surface area contributed by atoms with Gasteiger partial charge in [0.05, 0.1) is 7.11 Å². The van der Waals surface area contributed by atoms with E-state index in [0.717, 1.165) is 40.9 Å². The molecule has 0 bridgehead atoms. The second-order valence-corrected chi connectivity index (χ2v) is 4.81. The number of carbonyl (C=O) groups excluding carboxylic acids is 1. The molecule has 1 aliphatic carbocycles. The van der Waals surface area contributed by atoms with Gasteiger partial charge in [0, 0.05) is 23.5 Å². The number of hydrogen-bond acceptors (Lipinski definition) is 3. The van der Waals surface area contributed by atoms with Crippen LogP contribution in [0, 0.1) is 0 Å². The van der Waals surface area contributed by atoms with E-state index in [1.807, 2.05) is 36.4 Å². The van der Waals surface area contributed by atoms with Gasteiger partial charge in [0.25, 0.3) is 0 Å². The molecule has 0 spiro atoms. The lowest BCUT2D eigenvalue weighted by atomic mass is 9.86. The van der Waals surface area contributed by atoms with Crippen LogP contribution in [0.1, 0.15) is 27.9 Å². The molecule has 0 saturated heterocycles. The molecule has 0 N–H and O–H groups in total. The van der Waals surface area contributed by atoms with E-state index in [1.54, 1.807) is 19.5 Å². The summed E-state index contributed by atoms with van der Waals surface area (Å²) >= 11 is 0. The van der Waals surface area contributed by atoms with Gasteiger partial charge in [-0.1, -0.05) is 12.1 Å². The van der Waals surface area contributed by atoms with Gasteiger partial charge in [-0.25, -0.2) is 0 Å². The normalized spacial score (nSPS) is 16.1. The van der Waals surface area contributed by atoms with Crippen molar-refractivity contribution in [1.29, 1.82) is 0 Å². The van der Waals surface area contributed by atoms with E-state index in [9.17, 15) is 4.79 Å².